The number of aromatic carboxylic acids is 1. The zero-order valence-electron chi connectivity index (χ0n) is 14.5. The molecular weight excluding hydrogens is 340 g/mol. The highest BCUT2D eigenvalue weighted by Gasteiger charge is 2.19. The molecule has 7 heteroatoms. The van der Waals surface area contributed by atoms with Gasteiger partial charge in [-0.25, -0.2) is 9.78 Å². The Morgan fingerprint density at radius 3 is 2.56 bits per heavy atom. The second-order valence-electron chi connectivity index (χ2n) is 5.69. The van der Waals surface area contributed by atoms with Gasteiger partial charge in [0.15, 0.2) is 0 Å². The van der Waals surface area contributed by atoms with E-state index < -0.39 is 5.97 Å². The maximum absolute atomic E-state index is 12.3. The summed E-state index contributed by atoms with van der Waals surface area (Å²) < 4.78 is 5.57. The lowest BCUT2D eigenvalue weighted by Crippen LogP contribution is -2.26. The van der Waals surface area contributed by atoms with Crippen molar-refractivity contribution in [2.24, 2.45) is 0 Å². The van der Waals surface area contributed by atoms with Gasteiger partial charge < -0.3 is 15.2 Å². The summed E-state index contributed by atoms with van der Waals surface area (Å²) in [4.78, 5) is 27.9. The number of nitrogens with one attached hydrogen (secondary N) is 1. The Morgan fingerprint density at radius 2 is 2.00 bits per heavy atom. The van der Waals surface area contributed by atoms with Crippen LogP contribution in [-0.4, -0.2) is 28.6 Å². The Bertz CT molecular complexity index is 740. The Morgan fingerprint density at radius 1 is 1.32 bits per heavy atom. The Balaban J connectivity index is 1.99. The van der Waals surface area contributed by atoms with E-state index in [1.807, 2.05) is 0 Å². The highest BCUT2D eigenvalue weighted by Crippen LogP contribution is 2.24. The molecule has 0 saturated carbocycles. The van der Waals surface area contributed by atoms with Crippen molar-refractivity contribution >= 4 is 23.2 Å². The van der Waals surface area contributed by atoms with E-state index in [-0.39, 0.29) is 16.8 Å². The molecule has 2 rings (SSSR count). The van der Waals surface area contributed by atoms with Crippen LogP contribution in [0.3, 0.4) is 0 Å². The van der Waals surface area contributed by atoms with Crippen molar-refractivity contribution in [1.82, 2.24) is 10.3 Å². The Kier molecular flexibility index (Phi) is 6.52. The van der Waals surface area contributed by atoms with Gasteiger partial charge in [0.2, 0.25) is 0 Å². The second kappa shape index (κ2) is 8.62. The SMILES string of the molecule is CCCCOc1ccc(C(=O)NC(C)c2nc(C)c(C(=O)O)s2)cc1. The van der Waals surface area contributed by atoms with E-state index in [1.165, 1.54) is 0 Å². The molecule has 2 aromatic rings. The molecule has 0 radical (unpaired) electrons. The fraction of sp³-hybridized carbons (Fsp3) is 0.389. The van der Waals surface area contributed by atoms with Crippen molar-refractivity contribution in [3.05, 3.63) is 45.4 Å². The first kappa shape index (κ1) is 18.9. The first-order valence-corrected chi connectivity index (χ1v) is 8.98. The average Bonchev–Trinajstić information content (AvgIpc) is 2.98. The molecule has 0 spiro atoms. The summed E-state index contributed by atoms with van der Waals surface area (Å²) in [7, 11) is 0. The van der Waals surface area contributed by atoms with Gasteiger partial charge in [-0.05, 0) is 44.5 Å². The standard InChI is InChI=1S/C18H22N2O4S/c1-4-5-10-24-14-8-6-13(7-9-14)16(21)19-12(3)17-20-11(2)15(25-17)18(22)23/h6-9,12H,4-5,10H2,1-3H3,(H,19,21)(H,22,23). The van der Waals surface area contributed by atoms with Gasteiger partial charge in [0, 0.05) is 5.56 Å². The summed E-state index contributed by atoms with van der Waals surface area (Å²) in [6, 6.07) is 6.58. The summed E-state index contributed by atoms with van der Waals surface area (Å²) in [5.74, 6) is -0.504. The molecule has 25 heavy (non-hydrogen) atoms. The van der Waals surface area contributed by atoms with E-state index >= 15 is 0 Å². The topological polar surface area (TPSA) is 88.5 Å². The molecule has 0 fully saturated rings. The smallest absolute Gasteiger partial charge is 0.347 e. The van der Waals surface area contributed by atoms with Crippen LogP contribution in [-0.2, 0) is 0 Å². The quantitative estimate of drug-likeness (QED) is 0.697. The van der Waals surface area contributed by atoms with Crippen molar-refractivity contribution in [3.8, 4) is 5.75 Å². The lowest BCUT2D eigenvalue weighted by atomic mass is 10.2. The van der Waals surface area contributed by atoms with E-state index in [0.29, 0.717) is 22.9 Å². The molecular formula is C18H22N2O4S. The van der Waals surface area contributed by atoms with Crippen LogP contribution >= 0.6 is 11.3 Å². The van der Waals surface area contributed by atoms with Crippen LogP contribution in [0.15, 0.2) is 24.3 Å². The van der Waals surface area contributed by atoms with Gasteiger partial charge in [-0.3, -0.25) is 4.79 Å². The molecule has 0 aliphatic rings. The summed E-state index contributed by atoms with van der Waals surface area (Å²) in [5.41, 5.74) is 0.976. The van der Waals surface area contributed by atoms with Crippen molar-refractivity contribution in [3.63, 3.8) is 0 Å². The van der Waals surface area contributed by atoms with Gasteiger partial charge in [0.25, 0.3) is 5.91 Å². The van der Waals surface area contributed by atoms with Crippen LogP contribution in [0.1, 0.15) is 63.5 Å². The molecule has 1 unspecified atom stereocenters. The van der Waals surface area contributed by atoms with Crippen molar-refractivity contribution in [2.45, 2.75) is 39.7 Å². The van der Waals surface area contributed by atoms with Gasteiger partial charge in [-0.1, -0.05) is 13.3 Å². The van der Waals surface area contributed by atoms with Gasteiger partial charge in [-0.15, -0.1) is 11.3 Å². The first-order valence-electron chi connectivity index (χ1n) is 8.16. The minimum Gasteiger partial charge on any atom is -0.494 e. The van der Waals surface area contributed by atoms with E-state index in [9.17, 15) is 9.59 Å². The van der Waals surface area contributed by atoms with Gasteiger partial charge in [-0.2, -0.15) is 0 Å². The monoisotopic (exact) mass is 362 g/mol. The minimum absolute atomic E-state index is 0.199. The average molecular weight is 362 g/mol. The molecule has 1 atom stereocenters. The number of carboxylic acids is 1. The van der Waals surface area contributed by atoms with E-state index in [1.54, 1.807) is 38.1 Å². The number of carbonyl (C=O) groups excluding carboxylic acids is 1. The van der Waals surface area contributed by atoms with Gasteiger partial charge in [0.05, 0.1) is 18.3 Å². The number of amides is 1. The molecule has 6 nitrogen and oxygen atoms in total. The highest BCUT2D eigenvalue weighted by molar-refractivity contribution is 7.13. The fourth-order valence-electron chi connectivity index (χ4n) is 2.18. The van der Waals surface area contributed by atoms with E-state index in [2.05, 4.69) is 17.2 Å². The summed E-state index contributed by atoms with van der Waals surface area (Å²) in [6.45, 7) is 6.19. The normalized spacial score (nSPS) is 11.8. The predicted octanol–water partition coefficient (Wildman–Crippen LogP) is 3.82. The molecule has 1 aromatic heterocycles. The van der Waals surface area contributed by atoms with Crippen LogP contribution in [0.25, 0.3) is 0 Å². The number of nitrogens with zero attached hydrogens (tertiary/aromatic N) is 1. The van der Waals surface area contributed by atoms with Crippen LogP contribution < -0.4 is 10.1 Å². The predicted molar refractivity (Wildman–Crippen MR) is 96.5 cm³/mol. The van der Waals surface area contributed by atoms with Crippen LogP contribution in [0, 0.1) is 6.92 Å². The second-order valence-corrected chi connectivity index (χ2v) is 6.72. The zero-order chi connectivity index (χ0) is 18.4. The molecule has 1 aromatic carbocycles. The third kappa shape index (κ3) is 5.03. The lowest BCUT2D eigenvalue weighted by molar-refractivity contribution is 0.0701. The molecule has 0 aliphatic heterocycles. The molecule has 2 N–H and O–H groups in total. The lowest BCUT2D eigenvalue weighted by Gasteiger charge is -2.12. The maximum atomic E-state index is 12.3. The number of aromatic nitrogens is 1. The largest absolute Gasteiger partial charge is 0.494 e. The number of aryl methyl sites for hydroxylation is 1. The number of thiazole rings is 1. The number of hydrogen-bond donors (Lipinski definition) is 2. The summed E-state index contributed by atoms with van der Waals surface area (Å²) in [6.07, 6.45) is 2.06. The number of rotatable bonds is 8. The van der Waals surface area contributed by atoms with E-state index in [0.717, 1.165) is 29.9 Å². The van der Waals surface area contributed by atoms with Gasteiger partial charge >= 0.3 is 5.97 Å². The van der Waals surface area contributed by atoms with Crippen molar-refractivity contribution in [1.29, 1.82) is 0 Å². The molecule has 0 aliphatic carbocycles. The number of carboxylic acid groups (broad SMARTS) is 1. The van der Waals surface area contributed by atoms with Crippen molar-refractivity contribution < 1.29 is 19.4 Å². The molecule has 134 valence electrons. The van der Waals surface area contributed by atoms with Gasteiger partial charge in [0.1, 0.15) is 15.6 Å². The summed E-state index contributed by atoms with van der Waals surface area (Å²) >= 11 is 1.08. The maximum Gasteiger partial charge on any atom is 0.347 e. The minimum atomic E-state index is -1.00. The zero-order valence-corrected chi connectivity index (χ0v) is 15.4. The number of unbranched alkanes of at least 4 members (excludes halogenated alkanes) is 1. The first-order chi connectivity index (χ1) is 11.9. The molecule has 1 heterocycles. The third-order valence-corrected chi connectivity index (χ3v) is 4.94. The van der Waals surface area contributed by atoms with Crippen molar-refractivity contribution in [2.75, 3.05) is 6.61 Å². The fourth-order valence-corrected chi connectivity index (χ4v) is 3.09. The number of hydrogen-bond acceptors (Lipinski definition) is 5. The highest BCUT2D eigenvalue weighted by atomic mass is 32.1. The van der Waals surface area contributed by atoms with E-state index in [4.69, 9.17) is 9.84 Å². The Labute approximate surface area is 150 Å². The number of benzene rings is 1. The Hall–Kier alpha value is -2.41. The molecule has 0 bridgehead atoms. The molecule has 0 saturated heterocycles. The van der Waals surface area contributed by atoms with Crippen LogP contribution in [0.4, 0.5) is 0 Å². The third-order valence-electron chi connectivity index (χ3n) is 3.61. The van der Waals surface area contributed by atoms with Crippen LogP contribution in [0.5, 0.6) is 5.75 Å². The number of ether oxygens (including phenoxy) is 1. The van der Waals surface area contributed by atoms with Crippen LogP contribution in [0.2, 0.25) is 0 Å². The summed E-state index contributed by atoms with van der Waals surface area (Å²) in [5, 5.41) is 12.5. The number of carbonyl (C=O) groups is 2. The molecule has 1 amide bonds.